The quantitative estimate of drug-likeness (QED) is 0.294. The lowest BCUT2D eigenvalue weighted by Gasteiger charge is -2.12. The molecule has 0 bridgehead atoms. The van der Waals surface area contributed by atoms with Crippen LogP contribution in [-0.4, -0.2) is 36.2 Å². The lowest BCUT2D eigenvalue weighted by Crippen LogP contribution is -2.53. The van der Waals surface area contributed by atoms with E-state index in [1.54, 1.807) is 0 Å². The van der Waals surface area contributed by atoms with Crippen LogP contribution >= 0.6 is 0 Å². The summed E-state index contributed by atoms with van der Waals surface area (Å²) in [5.41, 5.74) is 12.8. The van der Waals surface area contributed by atoms with Gasteiger partial charge in [0.1, 0.15) is 0 Å². The smallest absolute Gasteiger partial charge is 0.0742 e. The molecule has 0 aromatic heterocycles. The molecule has 0 heterocycles. The van der Waals surface area contributed by atoms with Gasteiger partial charge in [0.15, 0.2) is 0 Å². The van der Waals surface area contributed by atoms with Gasteiger partial charge in [-0.25, -0.2) is 0 Å². The molecule has 0 saturated heterocycles. The van der Waals surface area contributed by atoms with E-state index >= 15 is 0 Å². The first-order chi connectivity index (χ1) is 7.54. The molecule has 16 heavy (non-hydrogen) atoms. The van der Waals surface area contributed by atoms with Crippen LogP contribution in [0.15, 0.2) is 0 Å². The monoisotopic (exact) mass is 238 g/mol. The molecule has 96 valence electrons. The van der Waals surface area contributed by atoms with E-state index in [9.17, 15) is 20.2 Å². The minimum absolute atomic E-state index is 0.256. The van der Waals surface area contributed by atoms with E-state index in [2.05, 4.69) is 22.3 Å². The van der Waals surface area contributed by atoms with Crippen LogP contribution in [0, 0.1) is 20.2 Å². The number of nitro groups is 2. The van der Waals surface area contributed by atoms with Gasteiger partial charge in [-0.05, 0) is 10.1 Å². The summed E-state index contributed by atoms with van der Waals surface area (Å²) in [4.78, 5) is 18.9. The maximum atomic E-state index is 9.47. The molecule has 0 atom stereocenters. The minimum Gasteiger partial charge on any atom is -0.380 e. The highest BCUT2D eigenvalue weighted by atomic mass is 16.7. The van der Waals surface area contributed by atoms with Gasteiger partial charge >= 0.3 is 0 Å². The fourth-order valence-corrected chi connectivity index (χ4v) is 0.606. The van der Waals surface area contributed by atoms with Crippen molar-refractivity contribution in [1.82, 2.24) is 0 Å². The third kappa shape index (κ3) is 22.8. The topological polar surface area (TPSA) is 170 Å². The zero-order valence-electron chi connectivity index (χ0n) is 9.08. The molecular formula is C6H18N6O4. The first-order valence-corrected chi connectivity index (χ1v) is 4.76. The van der Waals surface area contributed by atoms with Crippen molar-refractivity contribution in [1.29, 1.82) is 0 Å². The van der Waals surface area contributed by atoms with E-state index in [1.165, 1.54) is 12.8 Å². The first kappa shape index (κ1) is 16.7. The number of hydrogen-bond acceptors (Lipinski definition) is 4. The van der Waals surface area contributed by atoms with Gasteiger partial charge in [0.25, 0.3) is 0 Å². The molecule has 0 aliphatic heterocycles. The zero-order valence-corrected chi connectivity index (χ0v) is 9.08. The molecule has 0 saturated carbocycles. The van der Waals surface area contributed by atoms with Gasteiger partial charge in [-0.15, -0.1) is 0 Å². The van der Waals surface area contributed by atoms with Crippen LogP contribution in [0.2, 0.25) is 0 Å². The van der Waals surface area contributed by atoms with Crippen molar-refractivity contribution < 1.29 is 21.5 Å². The molecule has 0 aliphatic carbocycles. The lowest BCUT2D eigenvalue weighted by molar-refractivity contribution is -0.434. The Bertz CT molecular complexity index is 170. The van der Waals surface area contributed by atoms with Crippen molar-refractivity contribution in [3.63, 3.8) is 0 Å². The second kappa shape index (κ2) is 13.3. The molecule has 10 heteroatoms. The Morgan fingerprint density at radius 3 is 1.38 bits per heavy atom. The summed E-state index contributed by atoms with van der Waals surface area (Å²) in [5.74, 6) is 0. The summed E-state index contributed by atoms with van der Waals surface area (Å²) in [6, 6.07) is 0. The molecule has 0 aromatic rings. The van der Waals surface area contributed by atoms with Gasteiger partial charge < -0.3 is 22.3 Å². The van der Waals surface area contributed by atoms with E-state index in [4.69, 9.17) is 0 Å². The normalized spacial score (nSPS) is 8.62. The van der Waals surface area contributed by atoms with Gasteiger partial charge in [0.2, 0.25) is 0 Å². The number of quaternary nitrogens is 2. The summed E-state index contributed by atoms with van der Waals surface area (Å²) >= 11 is 0. The number of hydrogen-bond donors (Lipinski definition) is 2. The predicted molar refractivity (Wildman–Crippen MR) is 55.2 cm³/mol. The SMILES string of the molecule is O=[N+]([O-])[N-]CC[N-][N+](=O)[O-].[NH3+]CCCC[NH3+]. The molecule has 0 amide bonds. The number of nitrogens with zero attached hydrogens (tertiary/aromatic N) is 4. The lowest BCUT2D eigenvalue weighted by atomic mass is 10.3. The van der Waals surface area contributed by atoms with E-state index in [1.807, 2.05) is 0 Å². The summed E-state index contributed by atoms with van der Waals surface area (Å²) in [7, 11) is 0. The highest BCUT2D eigenvalue weighted by molar-refractivity contribution is 4.71. The third-order valence-electron chi connectivity index (χ3n) is 1.28. The summed E-state index contributed by atoms with van der Waals surface area (Å²) in [6.07, 6.45) is 2.48. The van der Waals surface area contributed by atoms with E-state index in [-0.39, 0.29) is 13.1 Å². The van der Waals surface area contributed by atoms with Gasteiger partial charge in [-0.1, -0.05) is 13.1 Å². The number of unbranched alkanes of at least 4 members (excludes halogenated alkanes) is 1. The highest BCUT2D eigenvalue weighted by Crippen LogP contribution is 1.90. The molecule has 0 aliphatic rings. The predicted octanol–water partition coefficient (Wildman–Crippen LogP) is -1.63. The fraction of sp³-hybridized carbons (Fsp3) is 1.00. The van der Waals surface area contributed by atoms with E-state index < -0.39 is 10.1 Å². The van der Waals surface area contributed by atoms with Gasteiger partial charge in [-0.3, -0.25) is 20.2 Å². The molecule has 0 spiro atoms. The molecular weight excluding hydrogens is 220 g/mol. The molecule has 0 aromatic carbocycles. The second-order valence-corrected chi connectivity index (χ2v) is 2.62. The van der Waals surface area contributed by atoms with Crippen molar-refractivity contribution in [3.8, 4) is 0 Å². The van der Waals surface area contributed by atoms with Crippen LogP contribution in [0.25, 0.3) is 10.9 Å². The molecule has 6 N–H and O–H groups in total. The zero-order chi connectivity index (χ0) is 12.8. The molecule has 0 fully saturated rings. The van der Waals surface area contributed by atoms with Gasteiger partial charge in [-0.2, -0.15) is 0 Å². The summed E-state index contributed by atoms with van der Waals surface area (Å²) in [5, 5.41) is 17.1. The Balaban J connectivity index is 0. The Hall–Kier alpha value is -1.68. The molecule has 0 rings (SSSR count). The summed E-state index contributed by atoms with van der Waals surface area (Å²) in [6.45, 7) is 1.62. The maximum absolute atomic E-state index is 9.47. The van der Waals surface area contributed by atoms with Crippen LogP contribution in [0.3, 0.4) is 0 Å². The second-order valence-electron chi connectivity index (χ2n) is 2.62. The Labute approximate surface area is 92.6 Å². The van der Waals surface area contributed by atoms with Gasteiger partial charge in [0, 0.05) is 12.8 Å². The van der Waals surface area contributed by atoms with Crippen molar-refractivity contribution in [2.45, 2.75) is 12.8 Å². The van der Waals surface area contributed by atoms with Crippen molar-refractivity contribution >= 4 is 0 Å². The van der Waals surface area contributed by atoms with Crippen molar-refractivity contribution in [2.75, 3.05) is 26.2 Å². The van der Waals surface area contributed by atoms with Crippen LogP contribution in [-0.2, 0) is 0 Å². The minimum atomic E-state index is -0.907. The van der Waals surface area contributed by atoms with E-state index in [0.717, 1.165) is 13.1 Å². The van der Waals surface area contributed by atoms with Crippen molar-refractivity contribution in [3.05, 3.63) is 31.1 Å². The van der Waals surface area contributed by atoms with Crippen LogP contribution in [0.4, 0.5) is 0 Å². The molecule has 0 unspecified atom stereocenters. The van der Waals surface area contributed by atoms with Crippen LogP contribution in [0.1, 0.15) is 12.8 Å². The Kier molecular flexibility index (Phi) is 13.9. The van der Waals surface area contributed by atoms with Crippen molar-refractivity contribution in [2.24, 2.45) is 0 Å². The standard InChI is InChI=1S/C4H12N2.C2H4N4O4/c5-3-1-2-4-6;7-5(8)3-1-2-4-6(9)10/h1-6H2;1-2H2/q;-2/p+2. The van der Waals surface area contributed by atoms with Gasteiger partial charge in [0.05, 0.1) is 13.1 Å². The highest BCUT2D eigenvalue weighted by Gasteiger charge is 1.80. The third-order valence-corrected chi connectivity index (χ3v) is 1.28. The van der Waals surface area contributed by atoms with Crippen LogP contribution in [0.5, 0.6) is 0 Å². The fourth-order valence-electron chi connectivity index (χ4n) is 0.606. The summed E-state index contributed by atoms with van der Waals surface area (Å²) < 4.78 is 0. The number of rotatable bonds is 8. The average Bonchev–Trinajstić information content (AvgIpc) is 2.22. The Morgan fingerprint density at radius 2 is 1.19 bits per heavy atom. The molecule has 10 nitrogen and oxygen atoms in total. The first-order valence-electron chi connectivity index (χ1n) is 4.76. The van der Waals surface area contributed by atoms with Crippen LogP contribution < -0.4 is 11.5 Å². The average molecular weight is 238 g/mol. The maximum Gasteiger partial charge on any atom is 0.0742 e. The largest absolute Gasteiger partial charge is 0.380 e. The Morgan fingerprint density at radius 1 is 0.875 bits per heavy atom. The molecule has 0 radical (unpaired) electrons. The van der Waals surface area contributed by atoms with E-state index in [0.29, 0.717) is 0 Å².